The van der Waals surface area contributed by atoms with Crippen molar-refractivity contribution in [1.29, 1.82) is 0 Å². The van der Waals surface area contributed by atoms with E-state index in [-0.39, 0.29) is 11.3 Å². The molecule has 0 aliphatic heterocycles. The molecule has 21 heavy (non-hydrogen) atoms. The lowest BCUT2D eigenvalue weighted by molar-refractivity contribution is 0.0922. The smallest absolute Gasteiger partial charge is 0.251 e. The minimum Gasteiger partial charge on any atom is -0.398 e. The Hall–Kier alpha value is -1.22. The molecule has 1 saturated carbocycles. The SMILES string of the molecule is CC(C)CC1(CNC(=O)c2ccc(N)c(Cl)c2)CCCC1. The summed E-state index contributed by atoms with van der Waals surface area (Å²) in [5, 5.41) is 3.53. The van der Waals surface area contributed by atoms with Gasteiger partial charge in [-0.05, 0) is 48.8 Å². The zero-order valence-electron chi connectivity index (χ0n) is 12.9. The molecule has 2 rings (SSSR count). The average molecular weight is 309 g/mol. The maximum absolute atomic E-state index is 12.3. The summed E-state index contributed by atoms with van der Waals surface area (Å²) in [6.45, 7) is 5.26. The van der Waals surface area contributed by atoms with E-state index < -0.39 is 0 Å². The summed E-state index contributed by atoms with van der Waals surface area (Å²) in [6, 6.07) is 5.03. The zero-order chi connectivity index (χ0) is 15.5. The fourth-order valence-electron chi connectivity index (χ4n) is 3.48. The first-order chi connectivity index (χ1) is 9.92. The molecule has 1 fully saturated rings. The third-order valence-electron chi connectivity index (χ3n) is 4.39. The van der Waals surface area contributed by atoms with E-state index in [9.17, 15) is 4.79 Å². The molecule has 4 heteroatoms. The normalized spacial score (nSPS) is 17.1. The van der Waals surface area contributed by atoms with Gasteiger partial charge in [0, 0.05) is 12.1 Å². The van der Waals surface area contributed by atoms with Crippen LogP contribution in [-0.4, -0.2) is 12.5 Å². The largest absolute Gasteiger partial charge is 0.398 e. The van der Waals surface area contributed by atoms with Crippen LogP contribution >= 0.6 is 11.6 Å². The second-order valence-corrected chi connectivity index (χ2v) is 7.13. The number of halogens is 1. The Morgan fingerprint density at radius 1 is 1.38 bits per heavy atom. The lowest BCUT2D eigenvalue weighted by atomic mass is 9.78. The summed E-state index contributed by atoms with van der Waals surface area (Å²) >= 11 is 5.98. The van der Waals surface area contributed by atoms with Crippen molar-refractivity contribution >= 4 is 23.2 Å². The number of carbonyl (C=O) groups excluding carboxylic acids is 1. The molecule has 1 amide bonds. The quantitative estimate of drug-likeness (QED) is 0.799. The highest BCUT2D eigenvalue weighted by Gasteiger charge is 2.34. The van der Waals surface area contributed by atoms with Crippen LogP contribution in [0.1, 0.15) is 56.3 Å². The number of nitrogen functional groups attached to an aromatic ring is 1. The molecule has 1 aliphatic carbocycles. The number of nitrogens with one attached hydrogen (secondary N) is 1. The Balaban J connectivity index is 2.00. The van der Waals surface area contributed by atoms with E-state index in [0.717, 1.165) is 6.54 Å². The molecule has 0 radical (unpaired) electrons. The number of benzene rings is 1. The van der Waals surface area contributed by atoms with Gasteiger partial charge in [-0.2, -0.15) is 0 Å². The summed E-state index contributed by atoms with van der Waals surface area (Å²) in [4.78, 5) is 12.3. The van der Waals surface area contributed by atoms with Gasteiger partial charge in [0.15, 0.2) is 0 Å². The van der Waals surface area contributed by atoms with Crippen LogP contribution in [0.15, 0.2) is 18.2 Å². The van der Waals surface area contributed by atoms with Crippen molar-refractivity contribution in [3.8, 4) is 0 Å². The zero-order valence-corrected chi connectivity index (χ0v) is 13.7. The van der Waals surface area contributed by atoms with Crippen LogP contribution in [0.25, 0.3) is 0 Å². The molecule has 0 heterocycles. The van der Waals surface area contributed by atoms with Crippen molar-refractivity contribution < 1.29 is 4.79 Å². The maximum Gasteiger partial charge on any atom is 0.251 e. The molecule has 1 aromatic carbocycles. The summed E-state index contributed by atoms with van der Waals surface area (Å²) in [6.07, 6.45) is 6.16. The van der Waals surface area contributed by atoms with E-state index in [0.29, 0.717) is 22.2 Å². The molecule has 0 atom stereocenters. The number of amides is 1. The summed E-state index contributed by atoms with van der Waals surface area (Å²) < 4.78 is 0. The Morgan fingerprint density at radius 3 is 2.62 bits per heavy atom. The third-order valence-corrected chi connectivity index (χ3v) is 4.72. The Labute approximate surface area is 132 Å². The highest BCUT2D eigenvalue weighted by Crippen LogP contribution is 2.42. The molecule has 0 spiro atoms. The standard InChI is InChI=1S/C17H25ClN2O/c1-12(2)10-17(7-3-4-8-17)11-20-16(21)13-5-6-15(19)14(18)9-13/h5-6,9,12H,3-4,7-8,10-11,19H2,1-2H3,(H,20,21). The van der Waals surface area contributed by atoms with Gasteiger partial charge in [0.25, 0.3) is 5.91 Å². The van der Waals surface area contributed by atoms with Crippen LogP contribution in [-0.2, 0) is 0 Å². The van der Waals surface area contributed by atoms with Gasteiger partial charge in [-0.15, -0.1) is 0 Å². The van der Waals surface area contributed by atoms with Gasteiger partial charge in [0.1, 0.15) is 0 Å². The van der Waals surface area contributed by atoms with Crippen molar-refractivity contribution in [2.75, 3.05) is 12.3 Å². The van der Waals surface area contributed by atoms with Gasteiger partial charge >= 0.3 is 0 Å². The van der Waals surface area contributed by atoms with Crippen LogP contribution in [0, 0.1) is 11.3 Å². The van der Waals surface area contributed by atoms with E-state index in [2.05, 4.69) is 19.2 Å². The average Bonchev–Trinajstić information content (AvgIpc) is 2.87. The predicted molar refractivity (Wildman–Crippen MR) is 88.6 cm³/mol. The van der Waals surface area contributed by atoms with E-state index in [1.807, 2.05) is 0 Å². The van der Waals surface area contributed by atoms with Crippen LogP contribution in [0.2, 0.25) is 5.02 Å². The molecule has 1 aromatic rings. The van der Waals surface area contributed by atoms with Gasteiger partial charge in [0.05, 0.1) is 10.7 Å². The predicted octanol–water partition coefficient (Wildman–Crippen LogP) is 4.26. The van der Waals surface area contributed by atoms with Gasteiger partial charge in [-0.25, -0.2) is 0 Å². The Kier molecular flexibility index (Phi) is 5.15. The Bertz CT molecular complexity index is 508. The van der Waals surface area contributed by atoms with Crippen molar-refractivity contribution in [3.05, 3.63) is 28.8 Å². The fraction of sp³-hybridized carbons (Fsp3) is 0.588. The summed E-state index contributed by atoms with van der Waals surface area (Å²) in [5.41, 5.74) is 7.03. The van der Waals surface area contributed by atoms with E-state index in [4.69, 9.17) is 17.3 Å². The second kappa shape index (κ2) is 6.69. The molecule has 0 saturated heterocycles. The molecule has 0 unspecified atom stereocenters. The topological polar surface area (TPSA) is 55.1 Å². The van der Waals surface area contributed by atoms with E-state index in [1.165, 1.54) is 32.1 Å². The van der Waals surface area contributed by atoms with Crippen molar-refractivity contribution in [2.45, 2.75) is 46.0 Å². The van der Waals surface area contributed by atoms with Crippen molar-refractivity contribution in [2.24, 2.45) is 11.3 Å². The molecule has 3 N–H and O–H groups in total. The minimum atomic E-state index is -0.0630. The van der Waals surface area contributed by atoms with Crippen LogP contribution in [0.3, 0.4) is 0 Å². The van der Waals surface area contributed by atoms with Crippen LogP contribution < -0.4 is 11.1 Å². The first-order valence-electron chi connectivity index (χ1n) is 7.75. The van der Waals surface area contributed by atoms with Gasteiger partial charge in [-0.3, -0.25) is 4.79 Å². The molecule has 3 nitrogen and oxygen atoms in total. The fourth-order valence-corrected chi connectivity index (χ4v) is 3.66. The van der Waals surface area contributed by atoms with Gasteiger partial charge < -0.3 is 11.1 Å². The summed E-state index contributed by atoms with van der Waals surface area (Å²) in [7, 11) is 0. The number of hydrogen-bond acceptors (Lipinski definition) is 2. The van der Waals surface area contributed by atoms with Crippen LogP contribution in [0.5, 0.6) is 0 Å². The first kappa shape index (κ1) is 16.2. The van der Waals surface area contributed by atoms with Crippen molar-refractivity contribution in [1.82, 2.24) is 5.32 Å². The second-order valence-electron chi connectivity index (χ2n) is 6.72. The number of nitrogens with two attached hydrogens (primary N) is 1. The lowest BCUT2D eigenvalue weighted by Crippen LogP contribution is -2.36. The molecule has 0 bridgehead atoms. The number of hydrogen-bond donors (Lipinski definition) is 2. The molecule has 1 aliphatic rings. The number of carbonyl (C=O) groups is 1. The third kappa shape index (κ3) is 4.13. The number of anilines is 1. The van der Waals surface area contributed by atoms with Crippen molar-refractivity contribution in [3.63, 3.8) is 0 Å². The number of rotatable bonds is 5. The van der Waals surface area contributed by atoms with Crippen LogP contribution in [0.4, 0.5) is 5.69 Å². The van der Waals surface area contributed by atoms with Gasteiger partial charge in [-0.1, -0.05) is 38.3 Å². The lowest BCUT2D eigenvalue weighted by Gasteiger charge is -2.31. The molecular formula is C17H25ClN2O. The van der Waals surface area contributed by atoms with Gasteiger partial charge in [0.2, 0.25) is 0 Å². The minimum absolute atomic E-state index is 0.0630. The first-order valence-corrected chi connectivity index (χ1v) is 8.13. The highest BCUT2D eigenvalue weighted by atomic mass is 35.5. The van der Waals surface area contributed by atoms with E-state index >= 15 is 0 Å². The monoisotopic (exact) mass is 308 g/mol. The maximum atomic E-state index is 12.3. The Morgan fingerprint density at radius 2 is 2.05 bits per heavy atom. The van der Waals surface area contributed by atoms with E-state index in [1.54, 1.807) is 18.2 Å². The molecular weight excluding hydrogens is 284 g/mol. The molecule has 116 valence electrons. The molecule has 0 aromatic heterocycles. The summed E-state index contributed by atoms with van der Waals surface area (Å²) in [5.74, 6) is 0.595. The highest BCUT2D eigenvalue weighted by molar-refractivity contribution is 6.33.